The average molecular weight is 724 g/mol. The molecule has 0 fully saturated rings. The van der Waals surface area contributed by atoms with Crippen molar-refractivity contribution in [3.8, 4) is 39.1 Å². The van der Waals surface area contributed by atoms with Gasteiger partial charge in [-0.15, -0.1) is 0 Å². The Bertz CT molecular complexity index is 3530. The summed E-state index contributed by atoms with van der Waals surface area (Å²) in [5.41, 5.74) is 10.5. The van der Waals surface area contributed by atoms with Gasteiger partial charge >= 0.3 is 0 Å². The highest BCUT2D eigenvalue weighted by molar-refractivity contribution is 6.26. The third kappa shape index (κ3) is 4.86. The van der Waals surface area contributed by atoms with Crippen LogP contribution in [0.3, 0.4) is 0 Å². The maximum Gasteiger partial charge on any atom is 0.0581 e. The van der Waals surface area contributed by atoms with Crippen LogP contribution < -0.4 is 0 Å². The number of hydrogen-bond acceptors (Lipinski definition) is 2. The zero-order chi connectivity index (χ0) is 37.5. The molecular weight excluding hydrogens is 691 g/mol. The summed E-state index contributed by atoms with van der Waals surface area (Å²) >= 11 is 0. The third-order valence-electron chi connectivity index (χ3n) is 12.0. The summed E-state index contributed by atoms with van der Waals surface area (Å²) in [7, 11) is 0. The molecule has 2 aromatic heterocycles. The van der Waals surface area contributed by atoms with Gasteiger partial charge in [0.05, 0.1) is 23.4 Å². The first-order chi connectivity index (χ1) is 28.3. The molecule has 0 N–H and O–H groups in total. The Morgan fingerprint density at radius 3 is 1.53 bits per heavy atom. The van der Waals surface area contributed by atoms with Crippen LogP contribution in [-0.4, -0.2) is 14.8 Å². The lowest BCUT2D eigenvalue weighted by molar-refractivity contribution is 1.05. The number of nitrogens with zero attached hydrogens (tertiary/aromatic N) is 3. The van der Waals surface area contributed by atoms with Crippen molar-refractivity contribution in [1.29, 1.82) is 0 Å². The van der Waals surface area contributed by atoms with Crippen molar-refractivity contribution in [1.82, 2.24) is 14.8 Å². The summed E-state index contributed by atoms with van der Waals surface area (Å²) in [6.45, 7) is 0. The molecule has 0 spiro atoms. The number of fused-ring (bicyclic) bond motifs is 11. The predicted molar refractivity (Wildman–Crippen MR) is 240 cm³/mol. The van der Waals surface area contributed by atoms with Gasteiger partial charge in [-0.3, -0.25) is 0 Å². The highest BCUT2D eigenvalue weighted by Crippen LogP contribution is 2.42. The first kappa shape index (κ1) is 31.7. The highest BCUT2D eigenvalue weighted by Gasteiger charge is 2.18. The molecule has 0 aliphatic heterocycles. The van der Waals surface area contributed by atoms with Crippen LogP contribution in [0.25, 0.3) is 115 Å². The molecule has 12 rings (SSSR count). The van der Waals surface area contributed by atoms with E-state index in [0.717, 1.165) is 38.7 Å². The standard InChI is InChI=1S/C54H33N3/c1-2-11-34(12-3-1)42-19-10-20-52-54(42)49-29-36-13-4-5-14-37(36)31-53(49)57(52)39-24-21-35(22-25-39)40-27-28-41(51-33-56-55-32-50(40)51)38-23-26-47-45-17-7-6-15-43(45)44-16-8-9-18-46(44)48(47)30-38/h1-33H. The molecule has 264 valence electrons. The van der Waals surface area contributed by atoms with E-state index in [-0.39, 0.29) is 0 Å². The summed E-state index contributed by atoms with van der Waals surface area (Å²) in [4.78, 5) is 0. The Kier molecular flexibility index (Phi) is 6.93. The van der Waals surface area contributed by atoms with E-state index in [1.165, 1.54) is 76.0 Å². The van der Waals surface area contributed by atoms with Crippen molar-refractivity contribution in [3.63, 3.8) is 0 Å². The van der Waals surface area contributed by atoms with E-state index in [2.05, 4.69) is 203 Å². The Balaban J connectivity index is 1.01. The van der Waals surface area contributed by atoms with Gasteiger partial charge in [-0.2, -0.15) is 10.2 Å². The molecule has 0 unspecified atom stereocenters. The van der Waals surface area contributed by atoms with Crippen LogP contribution in [-0.2, 0) is 0 Å². The maximum absolute atomic E-state index is 4.39. The fraction of sp³-hybridized carbons (Fsp3) is 0. The fourth-order valence-corrected chi connectivity index (χ4v) is 9.35. The highest BCUT2D eigenvalue weighted by atomic mass is 15.1. The molecule has 3 heteroatoms. The van der Waals surface area contributed by atoms with Crippen molar-refractivity contribution in [2.75, 3.05) is 0 Å². The van der Waals surface area contributed by atoms with Crippen molar-refractivity contribution in [2.24, 2.45) is 0 Å². The second-order valence-electron chi connectivity index (χ2n) is 15.0. The largest absolute Gasteiger partial charge is 0.309 e. The maximum atomic E-state index is 4.39. The summed E-state index contributed by atoms with van der Waals surface area (Å²) in [6.07, 6.45) is 3.83. The van der Waals surface area contributed by atoms with Gasteiger partial charge in [-0.1, -0.05) is 152 Å². The summed E-state index contributed by atoms with van der Waals surface area (Å²) in [6, 6.07) is 68.7. The molecule has 0 aliphatic carbocycles. The first-order valence-corrected chi connectivity index (χ1v) is 19.5. The zero-order valence-corrected chi connectivity index (χ0v) is 30.9. The van der Waals surface area contributed by atoms with Gasteiger partial charge in [-0.05, 0) is 113 Å². The quantitative estimate of drug-likeness (QED) is 0.169. The van der Waals surface area contributed by atoms with E-state index in [9.17, 15) is 0 Å². The van der Waals surface area contributed by atoms with Gasteiger partial charge < -0.3 is 4.57 Å². The van der Waals surface area contributed by atoms with E-state index < -0.39 is 0 Å². The molecule has 0 saturated carbocycles. The molecule has 0 bridgehead atoms. The lowest BCUT2D eigenvalue weighted by atomic mass is 9.90. The van der Waals surface area contributed by atoms with Gasteiger partial charge in [0.1, 0.15) is 0 Å². The van der Waals surface area contributed by atoms with E-state index in [1.54, 1.807) is 0 Å². The summed E-state index contributed by atoms with van der Waals surface area (Å²) < 4.78 is 2.42. The number of rotatable bonds is 4. The van der Waals surface area contributed by atoms with Gasteiger partial charge in [0.25, 0.3) is 0 Å². The molecule has 3 nitrogen and oxygen atoms in total. The predicted octanol–water partition coefficient (Wildman–Crippen LogP) is 14.3. The van der Waals surface area contributed by atoms with Crippen molar-refractivity contribution in [3.05, 3.63) is 200 Å². The Morgan fingerprint density at radius 1 is 0.298 bits per heavy atom. The van der Waals surface area contributed by atoms with Crippen molar-refractivity contribution >= 4 is 75.7 Å². The number of benzene rings is 10. The smallest absolute Gasteiger partial charge is 0.0581 e. The van der Waals surface area contributed by atoms with E-state index in [4.69, 9.17) is 0 Å². The molecule has 0 saturated heterocycles. The molecule has 0 amide bonds. The van der Waals surface area contributed by atoms with Crippen LogP contribution in [0.15, 0.2) is 200 Å². The van der Waals surface area contributed by atoms with E-state index in [1.807, 2.05) is 12.4 Å². The molecule has 0 atom stereocenters. The Morgan fingerprint density at radius 2 is 0.842 bits per heavy atom. The van der Waals surface area contributed by atoms with Crippen LogP contribution in [0, 0.1) is 0 Å². The lowest BCUT2D eigenvalue weighted by Crippen LogP contribution is -1.94. The monoisotopic (exact) mass is 723 g/mol. The van der Waals surface area contributed by atoms with Crippen LogP contribution >= 0.6 is 0 Å². The number of hydrogen-bond donors (Lipinski definition) is 0. The normalized spacial score (nSPS) is 11.9. The topological polar surface area (TPSA) is 30.7 Å². The Labute approximate surface area is 328 Å². The van der Waals surface area contributed by atoms with Crippen LogP contribution in [0.2, 0.25) is 0 Å². The lowest BCUT2D eigenvalue weighted by Gasteiger charge is -2.15. The van der Waals surface area contributed by atoms with Crippen LogP contribution in [0.5, 0.6) is 0 Å². The first-order valence-electron chi connectivity index (χ1n) is 19.5. The zero-order valence-electron chi connectivity index (χ0n) is 30.9. The van der Waals surface area contributed by atoms with E-state index in [0.29, 0.717) is 0 Å². The van der Waals surface area contributed by atoms with Gasteiger partial charge in [0, 0.05) is 27.2 Å². The van der Waals surface area contributed by atoms with Gasteiger partial charge in [0.2, 0.25) is 0 Å². The van der Waals surface area contributed by atoms with Gasteiger partial charge in [-0.25, -0.2) is 0 Å². The molecule has 12 aromatic rings. The fourth-order valence-electron chi connectivity index (χ4n) is 9.35. The number of aromatic nitrogens is 3. The molecular formula is C54H33N3. The Hall–Kier alpha value is -7.62. The molecule has 10 aromatic carbocycles. The van der Waals surface area contributed by atoms with Crippen LogP contribution in [0.4, 0.5) is 0 Å². The van der Waals surface area contributed by atoms with Gasteiger partial charge in [0.15, 0.2) is 0 Å². The summed E-state index contributed by atoms with van der Waals surface area (Å²) in [5, 5.41) is 23.6. The molecule has 2 heterocycles. The molecule has 0 radical (unpaired) electrons. The minimum Gasteiger partial charge on any atom is -0.309 e. The second-order valence-corrected chi connectivity index (χ2v) is 15.0. The molecule has 57 heavy (non-hydrogen) atoms. The third-order valence-corrected chi connectivity index (χ3v) is 12.0. The minimum atomic E-state index is 1.08. The van der Waals surface area contributed by atoms with Crippen LogP contribution in [0.1, 0.15) is 0 Å². The SMILES string of the molecule is c1ccc(-c2cccc3c2c2cc4ccccc4cc2n3-c2ccc(-c3ccc(-c4ccc5c6ccccc6c6ccccc6c5c4)c4cnncc34)cc2)cc1. The second kappa shape index (κ2) is 12.5. The summed E-state index contributed by atoms with van der Waals surface area (Å²) in [5.74, 6) is 0. The van der Waals surface area contributed by atoms with E-state index >= 15 is 0 Å². The molecule has 0 aliphatic rings. The average Bonchev–Trinajstić information content (AvgIpc) is 3.61. The van der Waals surface area contributed by atoms with Crippen molar-refractivity contribution < 1.29 is 0 Å². The minimum absolute atomic E-state index is 1.08. The van der Waals surface area contributed by atoms with Crippen molar-refractivity contribution in [2.45, 2.75) is 0 Å².